The van der Waals surface area contributed by atoms with Crippen molar-refractivity contribution in [1.82, 2.24) is 4.98 Å². The molecule has 0 amide bonds. The third kappa shape index (κ3) is 2.63. The smallest absolute Gasteiger partial charge is 0.165 e. The van der Waals surface area contributed by atoms with Gasteiger partial charge in [0, 0.05) is 17.0 Å². The second-order valence-electron chi connectivity index (χ2n) is 4.69. The fourth-order valence-corrected chi connectivity index (χ4v) is 2.08. The Morgan fingerprint density at radius 3 is 2.16 bits per heavy atom. The summed E-state index contributed by atoms with van der Waals surface area (Å²) in [7, 11) is 0. The Labute approximate surface area is 110 Å². The number of aromatic nitrogens is 1. The first-order chi connectivity index (χ1) is 8.90. The monoisotopic (exact) mass is 263 g/mol. The molecule has 0 spiro atoms. The van der Waals surface area contributed by atoms with E-state index in [2.05, 4.69) is 4.98 Å². The summed E-state index contributed by atoms with van der Waals surface area (Å²) in [5.41, 5.74) is 2.11. The molecule has 2 rings (SSSR count). The number of halogens is 2. The number of rotatable bonds is 2. The molecule has 1 aromatic heterocycles. The number of hydrogen-bond donors (Lipinski definition) is 1. The molecule has 1 unspecified atom stereocenters. The minimum absolute atomic E-state index is 0.0619. The Morgan fingerprint density at radius 2 is 1.58 bits per heavy atom. The minimum atomic E-state index is -1.20. The van der Waals surface area contributed by atoms with E-state index in [1.807, 2.05) is 0 Å². The highest BCUT2D eigenvalue weighted by atomic mass is 19.2. The van der Waals surface area contributed by atoms with Crippen LogP contribution in [0.2, 0.25) is 0 Å². The number of aliphatic hydroxyl groups is 1. The molecule has 1 aromatic carbocycles. The maximum Gasteiger partial charge on any atom is 0.165 e. The summed E-state index contributed by atoms with van der Waals surface area (Å²) in [6.07, 6.45) is -1.20. The molecule has 0 bridgehead atoms. The molecule has 2 aromatic rings. The molecule has 0 saturated carbocycles. The van der Waals surface area contributed by atoms with Crippen LogP contribution in [0.5, 0.6) is 0 Å². The highest BCUT2D eigenvalue weighted by Crippen LogP contribution is 2.27. The zero-order chi connectivity index (χ0) is 14.2. The van der Waals surface area contributed by atoms with Crippen molar-refractivity contribution < 1.29 is 13.9 Å². The van der Waals surface area contributed by atoms with Crippen LogP contribution in [0.3, 0.4) is 0 Å². The molecule has 0 aliphatic heterocycles. The van der Waals surface area contributed by atoms with Gasteiger partial charge < -0.3 is 5.11 Å². The van der Waals surface area contributed by atoms with E-state index in [1.165, 1.54) is 19.1 Å². The summed E-state index contributed by atoms with van der Waals surface area (Å²) in [6, 6.07) is 6.19. The Morgan fingerprint density at radius 1 is 1.00 bits per heavy atom. The van der Waals surface area contributed by atoms with Crippen molar-refractivity contribution >= 4 is 0 Å². The molecule has 0 saturated heterocycles. The first-order valence-corrected chi connectivity index (χ1v) is 5.98. The summed E-state index contributed by atoms with van der Waals surface area (Å²) in [6.45, 7) is 5.06. The molecule has 4 heteroatoms. The molecular formula is C15H15F2NO. The van der Waals surface area contributed by atoms with E-state index in [4.69, 9.17) is 0 Å². The van der Waals surface area contributed by atoms with E-state index in [-0.39, 0.29) is 11.1 Å². The number of nitrogens with zero attached hydrogens (tertiary/aromatic N) is 1. The lowest BCUT2D eigenvalue weighted by atomic mass is 9.99. The van der Waals surface area contributed by atoms with Crippen molar-refractivity contribution in [2.45, 2.75) is 26.9 Å². The Balaban J connectivity index is 2.50. The SMILES string of the molecule is Cc1cc(C(O)c2ccc(C)c(F)c2F)cc(C)n1. The van der Waals surface area contributed by atoms with Crippen LogP contribution >= 0.6 is 0 Å². The van der Waals surface area contributed by atoms with Crippen LogP contribution < -0.4 is 0 Å². The van der Waals surface area contributed by atoms with Gasteiger partial charge in [-0.25, -0.2) is 8.78 Å². The van der Waals surface area contributed by atoms with Gasteiger partial charge >= 0.3 is 0 Å². The fraction of sp³-hybridized carbons (Fsp3) is 0.267. The van der Waals surface area contributed by atoms with Crippen molar-refractivity contribution in [1.29, 1.82) is 0 Å². The molecule has 100 valence electrons. The molecule has 1 heterocycles. The molecule has 0 fully saturated rings. The molecule has 2 nitrogen and oxygen atoms in total. The zero-order valence-corrected chi connectivity index (χ0v) is 11.0. The predicted molar refractivity (Wildman–Crippen MR) is 68.9 cm³/mol. The molecule has 1 N–H and O–H groups in total. The van der Waals surface area contributed by atoms with Crippen molar-refractivity contribution in [2.75, 3.05) is 0 Å². The van der Waals surface area contributed by atoms with Crippen LogP contribution in [-0.4, -0.2) is 10.1 Å². The minimum Gasteiger partial charge on any atom is -0.384 e. The van der Waals surface area contributed by atoms with Crippen molar-refractivity contribution in [3.05, 3.63) is 64.0 Å². The Kier molecular flexibility index (Phi) is 3.62. The maximum absolute atomic E-state index is 13.8. The van der Waals surface area contributed by atoms with Crippen LogP contribution in [0.4, 0.5) is 8.78 Å². The quantitative estimate of drug-likeness (QED) is 0.901. The summed E-state index contributed by atoms with van der Waals surface area (Å²) in [5.74, 6) is -1.92. The second kappa shape index (κ2) is 5.05. The molecular weight excluding hydrogens is 248 g/mol. The Bertz CT molecular complexity index is 606. The lowest BCUT2D eigenvalue weighted by molar-refractivity contribution is 0.213. The molecule has 19 heavy (non-hydrogen) atoms. The second-order valence-corrected chi connectivity index (χ2v) is 4.69. The lowest BCUT2D eigenvalue weighted by Crippen LogP contribution is -2.06. The van der Waals surface area contributed by atoms with Gasteiger partial charge in [0.25, 0.3) is 0 Å². The average molecular weight is 263 g/mol. The van der Waals surface area contributed by atoms with E-state index in [9.17, 15) is 13.9 Å². The lowest BCUT2D eigenvalue weighted by Gasteiger charge is -2.14. The van der Waals surface area contributed by atoms with Crippen molar-refractivity contribution in [3.8, 4) is 0 Å². The van der Waals surface area contributed by atoms with Gasteiger partial charge in [0.15, 0.2) is 11.6 Å². The predicted octanol–water partition coefficient (Wildman–Crippen LogP) is 3.37. The van der Waals surface area contributed by atoms with E-state index >= 15 is 0 Å². The van der Waals surface area contributed by atoms with Gasteiger partial charge in [-0.15, -0.1) is 0 Å². The highest BCUT2D eigenvalue weighted by Gasteiger charge is 2.19. The Hall–Kier alpha value is -1.81. The van der Waals surface area contributed by atoms with Crippen molar-refractivity contribution in [2.24, 2.45) is 0 Å². The average Bonchev–Trinajstić information content (AvgIpc) is 2.34. The number of pyridine rings is 1. The van der Waals surface area contributed by atoms with Crippen LogP contribution in [0, 0.1) is 32.4 Å². The molecule has 0 radical (unpaired) electrons. The summed E-state index contributed by atoms with van der Waals surface area (Å²) in [5, 5.41) is 10.2. The molecule has 0 aliphatic rings. The van der Waals surface area contributed by atoms with E-state index in [0.717, 1.165) is 11.4 Å². The largest absolute Gasteiger partial charge is 0.384 e. The van der Waals surface area contributed by atoms with Crippen LogP contribution in [0.15, 0.2) is 24.3 Å². The third-order valence-electron chi connectivity index (χ3n) is 3.02. The number of benzene rings is 1. The van der Waals surface area contributed by atoms with Gasteiger partial charge in [0.2, 0.25) is 0 Å². The summed E-state index contributed by atoms with van der Waals surface area (Å²) >= 11 is 0. The zero-order valence-electron chi connectivity index (χ0n) is 11.0. The van der Waals surface area contributed by atoms with Crippen LogP contribution in [0.25, 0.3) is 0 Å². The normalized spacial score (nSPS) is 12.5. The molecule has 1 atom stereocenters. The van der Waals surface area contributed by atoms with Gasteiger partial charge in [0.05, 0.1) is 0 Å². The molecule has 0 aliphatic carbocycles. The van der Waals surface area contributed by atoms with Crippen LogP contribution in [0.1, 0.15) is 34.2 Å². The van der Waals surface area contributed by atoms with Gasteiger partial charge in [-0.3, -0.25) is 4.98 Å². The van der Waals surface area contributed by atoms with E-state index < -0.39 is 17.7 Å². The standard InChI is InChI=1S/C15H15F2NO/c1-8-4-5-12(14(17)13(8)16)15(19)11-6-9(2)18-10(3)7-11/h4-7,15,19H,1-3H3. The van der Waals surface area contributed by atoms with E-state index in [0.29, 0.717) is 5.56 Å². The first kappa shape index (κ1) is 13.6. The van der Waals surface area contributed by atoms with Crippen molar-refractivity contribution in [3.63, 3.8) is 0 Å². The van der Waals surface area contributed by atoms with Gasteiger partial charge in [-0.2, -0.15) is 0 Å². The topological polar surface area (TPSA) is 33.1 Å². The summed E-state index contributed by atoms with van der Waals surface area (Å²) in [4.78, 5) is 4.19. The van der Waals surface area contributed by atoms with Gasteiger partial charge in [-0.1, -0.05) is 12.1 Å². The van der Waals surface area contributed by atoms with Crippen LogP contribution in [-0.2, 0) is 0 Å². The number of aryl methyl sites for hydroxylation is 3. The van der Waals surface area contributed by atoms with Gasteiger partial charge in [0.1, 0.15) is 6.10 Å². The first-order valence-electron chi connectivity index (χ1n) is 5.98. The fourth-order valence-electron chi connectivity index (χ4n) is 2.08. The third-order valence-corrected chi connectivity index (χ3v) is 3.02. The highest BCUT2D eigenvalue weighted by molar-refractivity contribution is 5.34. The number of aliphatic hydroxyl groups excluding tert-OH is 1. The number of hydrogen-bond acceptors (Lipinski definition) is 2. The van der Waals surface area contributed by atoms with Gasteiger partial charge in [-0.05, 0) is 44.0 Å². The van der Waals surface area contributed by atoms with E-state index in [1.54, 1.807) is 26.0 Å². The maximum atomic E-state index is 13.8. The summed E-state index contributed by atoms with van der Waals surface area (Å²) < 4.78 is 27.4.